The molecule has 0 fully saturated rings. The molecule has 0 unspecified atom stereocenters. The molecule has 1 heterocycles. The highest BCUT2D eigenvalue weighted by Crippen LogP contribution is 2.20. The topological polar surface area (TPSA) is 36.1 Å². The fourth-order valence-corrected chi connectivity index (χ4v) is 2.51. The van der Waals surface area contributed by atoms with Crippen molar-refractivity contribution in [2.45, 2.75) is 13.8 Å². The van der Waals surface area contributed by atoms with Crippen LogP contribution in [0.25, 0.3) is 10.9 Å². The second kappa shape index (κ2) is 5.44. The molecule has 0 spiro atoms. The molecule has 1 amide bonds. The predicted molar refractivity (Wildman–Crippen MR) is 86.8 cm³/mol. The summed E-state index contributed by atoms with van der Waals surface area (Å²) in [5.41, 5.74) is 3.88. The minimum atomic E-state index is 0.0319. The van der Waals surface area contributed by atoms with Gasteiger partial charge in [-0.15, -0.1) is 0 Å². The molecule has 0 aliphatic carbocycles. The van der Waals surface area contributed by atoms with Crippen molar-refractivity contribution < 1.29 is 4.79 Å². The molecule has 0 aliphatic rings. The number of amides is 1. The fraction of sp³-hybridized carbons (Fsp3) is 0.167. The van der Waals surface area contributed by atoms with Gasteiger partial charge in [0, 0.05) is 34.9 Å². The normalized spacial score (nSPS) is 10.8. The number of aromatic amines is 1. The van der Waals surface area contributed by atoms with Gasteiger partial charge in [-0.25, -0.2) is 0 Å². The lowest BCUT2D eigenvalue weighted by molar-refractivity contribution is 0.0988. The van der Waals surface area contributed by atoms with E-state index in [1.807, 2.05) is 68.6 Å². The molecule has 0 bridgehead atoms. The molecular formula is C18H18N2O. The van der Waals surface area contributed by atoms with E-state index in [1.54, 1.807) is 4.90 Å². The number of H-pyrrole nitrogens is 1. The molecule has 0 aliphatic heterocycles. The van der Waals surface area contributed by atoms with Crippen LogP contribution < -0.4 is 4.90 Å². The van der Waals surface area contributed by atoms with Gasteiger partial charge in [0.15, 0.2) is 0 Å². The lowest BCUT2D eigenvalue weighted by Gasteiger charge is -2.21. The number of aromatic nitrogens is 1. The highest BCUT2D eigenvalue weighted by Gasteiger charge is 2.16. The highest BCUT2D eigenvalue weighted by molar-refractivity contribution is 6.07. The molecule has 0 radical (unpaired) electrons. The predicted octanol–water partition coefficient (Wildman–Crippen LogP) is 4.14. The summed E-state index contributed by atoms with van der Waals surface area (Å²) < 4.78 is 0. The van der Waals surface area contributed by atoms with Crippen LogP contribution in [0.15, 0.2) is 54.7 Å². The first-order chi connectivity index (χ1) is 10.2. The van der Waals surface area contributed by atoms with Gasteiger partial charge in [0.05, 0.1) is 0 Å². The number of nitrogens with zero attached hydrogens (tertiary/aromatic N) is 1. The van der Waals surface area contributed by atoms with E-state index in [-0.39, 0.29) is 5.91 Å². The van der Waals surface area contributed by atoms with E-state index in [9.17, 15) is 4.79 Å². The maximum absolute atomic E-state index is 12.7. The summed E-state index contributed by atoms with van der Waals surface area (Å²) >= 11 is 0. The molecule has 2 aromatic carbocycles. The standard InChI is InChI=1S/C18H18N2O/c1-3-20(16-7-4-13(2)5-8-16)18(21)15-6-9-17-14(12-15)10-11-19-17/h4-12,19H,3H2,1-2H3. The molecule has 3 aromatic rings. The van der Waals surface area contributed by atoms with Crippen LogP contribution in [0.5, 0.6) is 0 Å². The minimum absolute atomic E-state index is 0.0319. The number of benzene rings is 2. The number of hydrogen-bond donors (Lipinski definition) is 1. The van der Waals surface area contributed by atoms with Gasteiger partial charge in [0.25, 0.3) is 5.91 Å². The van der Waals surface area contributed by atoms with Gasteiger partial charge < -0.3 is 9.88 Å². The van der Waals surface area contributed by atoms with Gasteiger partial charge in [-0.1, -0.05) is 17.7 Å². The molecule has 0 saturated heterocycles. The SMILES string of the molecule is CCN(C(=O)c1ccc2[nH]ccc2c1)c1ccc(C)cc1. The maximum atomic E-state index is 12.7. The molecule has 3 rings (SSSR count). The van der Waals surface area contributed by atoms with Crippen molar-refractivity contribution in [3.8, 4) is 0 Å². The summed E-state index contributed by atoms with van der Waals surface area (Å²) in [6, 6.07) is 15.8. The third kappa shape index (κ3) is 2.55. The quantitative estimate of drug-likeness (QED) is 0.768. The lowest BCUT2D eigenvalue weighted by atomic mass is 10.1. The van der Waals surface area contributed by atoms with Crippen molar-refractivity contribution >= 4 is 22.5 Å². The Morgan fingerprint density at radius 2 is 1.86 bits per heavy atom. The average molecular weight is 278 g/mol. The molecule has 0 saturated carbocycles. The Morgan fingerprint density at radius 3 is 2.57 bits per heavy atom. The van der Waals surface area contributed by atoms with Gasteiger partial charge in [-0.2, -0.15) is 0 Å². The van der Waals surface area contributed by atoms with E-state index in [0.717, 1.165) is 16.6 Å². The Balaban J connectivity index is 1.95. The Morgan fingerprint density at radius 1 is 1.10 bits per heavy atom. The number of carbonyl (C=O) groups is 1. The molecule has 1 aromatic heterocycles. The second-order valence-electron chi connectivity index (χ2n) is 5.16. The van der Waals surface area contributed by atoms with Crippen LogP contribution in [0.3, 0.4) is 0 Å². The van der Waals surface area contributed by atoms with Crippen LogP contribution in [0.1, 0.15) is 22.8 Å². The van der Waals surface area contributed by atoms with Crippen molar-refractivity contribution in [3.63, 3.8) is 0 Å². The first-order valence-corrected chi connectivity index (χ1v) is 7.14. The molecular weight excluding hydrogens is 260 g/mol. The molecule has 106 valence electrons. The minimum Gasteiger partial charge on any atom is -0.361 e. The van der Waals surface area contributed by atoms with Crippen molar-refractivity contribution in [1.29, 1.82) is 0 Å². The van der Waals surface area contributed by atoms with Gasteiger partial charge >= 0.3 is 0 Å². The van der Waals surface area contributed by atoms with Gasteiger partial charge in [0.1, 0.15) is 0 Å². The van der Waals surface area contributed by atoms with E-state index < -0.39 is 0 Å². The Hall–Kier alpha value is -2.55. The third-order valence-corrected chi connectivity index (χ3v) is 3.71. The summed E-state index contributed by atoms with van der Waals surface area (Å²) in [4.78, 5) is 17.7. The Labute approximate surface area is 124 Å². The zero-order chi connectivity index (χ0) is 14.8. The van der Waals surface area contributed by atoms with E-state index in [4.69, 9.17) is 0 Å². The molecule has 3 nitrogen and oxygen atoms in total. The Bertz CT molecular complexity index is 771. The van der Waals surface area contributed by atoms with Gasteiger partial charge in [-0.05, 0) is 50.2 Å². The monoisotopic (exact) mass is 278 g/mol. The van der Waals surface area contributed by atoms with E-state index in [1.165, 1.54) is 5.56 Å². The largest absolute Gasteiger partial charge is 0.361 e. The van der Waals surface area contributed by atoms with Crippen LogP contribution in [0, 0.1) is 6.92 Å². The maximum Gasteiger partial charge on any atom is 0.258 e. The van der Waals surface area contributed by atoms with E-state index >= 15 is 0 Å². The van der Waals surface area contributed by atoms with Crippen LogP contribution in [-0.4, -0.2) is 17.4 Å². The number of fused-ring (bicyclic) bond motifs is 1. The lowest BCUT2D eigenvalue weighted by Crippen LogP contribution is -2.30. The third-order valence-electron chi connectivity index (χ3n) is 3.71. The van der Waals surface area contributed by atoms with Crippen LogP contribution in [0.2, 0.25) is 0 Å². The summed E-state index contributed by atoms with van der Waals surface area (Å²) in [6.45, 7) is 4.68. The number of aryl methyl sites for hydroxylation is 1. The van der Waals surface area contributed by atoms with Gasteiger partial charge in [-0.3, -0.25) is 4.79 Å². The summed E-state index contributed by atoms with van der Waals surface area (Å²) in [7, 11) is 0. The molecule has 1 N–H and O–H groups in total. The average Bonchev–Trinajstić information content (AvgIpc) is 2.97. The Kier molecular flexibility index (Phi) is 3.48. The fourth-order valence-electron chi connectivity index (χ4n) is 2.51. The number of nitrogens with one attached hydrogen (secondary N) is 1. The number of rotatable bonds is 3. The first-order valence-electron chi connectivity index (χ1n) is 7.14. The highest BCUT2D eigenvalue weighted by atomic mass is 16.2. The second-order valence-corrected chi connectivity index (χ2v) is 5.16. The molecule has 3 heteroatoms. The number of carbonyl (C=O) groups excluding carboxylic acids is 1. The molecule has 0 atom stereocenters. The zero-order valence-electron chi connectivity index (χ0n) is 12.3. The van der Waals surface area contributed by atoms with Crippen LogP contribution >= 0.6 is 0 Å². The van der Waals surface area contributed by atoms with Crippen molar-refractivity contribution in [2.75, 3.05) is 11.4 Å². The van der Waals surface area contributed by atoms with Crippen LogP contribution in [0.4, 0.5) is 5.69 Å². The van der Waals surface area contributed by atoms with E-state index in [2.05, 4.69) is 4.98 Å². The summed E-state index contributed by atoms with van der Waals surface area (Å²) in [6.07, 6.45) is 1.89. The van der Waals surface area contributed by atoms with Crippen LogP contribution in [-0.2, 0) is 0 Å². The zero-order valence-corrected chi connectivity index (χ0v) is 12.3. The van der Waals surface area contributed by atoms with E-state index in [0.29, 0.717) is 12.1 Å². The van der Waals surface area contributed by atoms with Crippen molar-refractivity contribution in [2.24, 2.45) is 0 Å². The van der Waals surface area contributed by atoms with Crippen molar-refractivity contribution in [3.05, 3.63) is 65.9 Å². The molecule has 21 heavy (non-hydrogen) atoms. The smallest absolute Gasteiger partial charge is 0.258 e. The van der Waals surface area contributed by atoms with Gasteiger partial charge in [0.2, 0.25) is 0 Å². The number of anilines is 1. The first kappa shape index (κ1) is 13.4. The summed E-state index contributed by atoms with van der Waals surface area (Å²) in [5, 5.41) is 1.06. The summed E-state index contributed by atoms with van der Waals surface area (Å²) in [5.74, 6) is 0.0319. The van der Waals surface area contributed by atoms with Crippen molar-refractivity contribution in [1.82, 2.24) is 4.98 Å². The number of hydrogen-bond acceptors (Lipinski definition) is 1.